The molecule has 1 aliphatic carbocycles. The number of rotatable bonds is 2. The van der Waals surface area contributed by atoms with Gasteiger partial charge in [0.05, 0.1) is 26.4 Å². The monoisotopic (exact) mass is 270 g/mol. The molecule has 1 saturated carbocycles. The number of hydrogen-bond donors (Lipinski definition) is 0. The lowest BCUT2D eigenvalue weighted by molar-refractivity contribution is -0.170. The molecule has 5 nitrogen and oxygen atoms in total. The van der Waals surface area contributed by atoms with Gasteiger partial charge in [-0.2, -0.15) is 0 Å². The molecule has 0 amide bonds. The van der Waals surface area contributed by atoms with E-state index in [-0.39, 0.29) is 16.9 Å². The van der Waals surface area contributed by atoms with E-state index in [0.717, 1.165) is 0 Å². The van der Waals surface area contributed by atoms with Crippen molar-refractivity contribution >= 4 is 11.9 Å². The third-order valence-corrected chi connectivity index (χ3v) is 4.86. The number of carbonyl (C=O) groups is 2. The first-order chi connectivity index (χ1) is 8.72. The highest BCUT2D eigenvalue weighted by molar-refractivity contribution is 6.00. The summed E-state index contributed by atoms with van der Waals surface area (Å²) in [6.45, 7) is 6.64. The maximum Gasteiger partial charge on any atom is 0.323 e. The lowest BCUT2D eigenvalue weighted by Crippen LogP contribution is -2.41. The van der Waals surface area contributed by atoms with Crippen LogP contribution in [-0.2, 0) is 23.8 Å². The van der Waals surface area contributed by atoms with E-state index in [1.54, 1.807) is 0 Å². The first kappa shape index (κ1) is 14.3. The lowest BCUT2D eigenvalue weighted by Gasteiger charge is -2.29. The van der Waals surface area contributed by atoms with Crippen LogP contribution in [-0.4, -0.2) is 38.4 Å². The molecule has 2 atom stereocenters. The molecule has 0 aromatic rings. The summed E-state index contributed by atoms with van der Waals surface area (Å²) in [5.41, 5.74) is -1.70. The molecule has 1 saturated heterocycles. The van der Waals surface area contributed by atoms with E-state index < -0.39 is 17.4 Å². The summed E-state index contributed by atoms with van der Waals surface area (Å²) in [5, 5.41) is 0. The van der Waals surface area contributed by atoms with E-state index in [4.69, 9.17) is 14.2 Å². The van der Waals surface area contributed by atoms with Gasteiger partial charge in [-0.1, -0.05) is 6.92 Å². The number of esters is 2. The van der Waals surface area contributed by atoms with Crippen molar-refractivity contribution in [2.75, 3.05) is 20.8 Å². The van der Waals surface area contributed by atoms with Crippen molar-refractivity contribution in [2.24, 2.45) is 16.7 Å². The minimum atomic E-state index is -1.18. The van der Waals surface area contributed by atoms with Gasteiger partial charge in [0.2, 0.25) is 0 Å². The van der Waals surface area contributed by atoms with Gasteiger partial charge in [0.15, 0.2) is 5.41 Å². The lowest BCUT2D eigenvalue weighted by atomic mass is 9.75. The molecule has 1 heterocycles. The van der Waals surface area contributed by atoms with E-state index in [2.05, 4.69) is 6.92 Å². The van der Waals surface area contributed by atoms with Gasteiger partial charge in [-0.25, -0.2) is 0 Å². The van der Waals surface area contributed by atoms with Gasteiger partial charge in [-0.3, -0.25) is 9.59 Å². The van der Waals surface area contributed by atoms with Gasteiger partial charge < -0.3 is 14.2 Å². The Morgan fingerprint density at radius 3 is 2.05 bits per heavy atom. The molecule has 2 unspecified atom stereocenters. The third kappa shape index (κ3) is 1.86. The molecule has 0 N–H and O–H groups in total. The summed E-state index contributed by atoms with van der Waals surface area (Å²) < 4.78 is 15.5. The third-order valence-electron chi connectivity index (χ3n) is 4.86. The van der Waals surface area contributed by atoms with E-state index in [9.17, 15) is 9.59 Å². The first-order valence-corrected chi connectivity index (χ1v) is 6.53. The van der Waals surface area contributed by atoms with Crippen molar-refractivity contribution < 1.29 is 23.8 Å². The van der Waals surface area contributed by atoms with Crippen LogP contribution in [0.3, 0.4) is 0 Å². The Balaban J connectivity index is 2.41. The van der Waals surface area contributed by atoms with Crippen LogP contribution in [0, 0.1) is 16.7 Å². The predicted molar refractivity (Wildman–Crippen MR) is 67.3 cm³/mol. The van der Waals surface area contributed by atoms with Crippen molar-refractivity contribution in [1.29, 1.82) is 0 Å². The number of ether oxygens (including phenoxy) is 3. The zero-order valence-corrected chi connectivity index (χ0v) is 12.2. The summed E-state index contributed by atoms with van der Waals surface area (Å²) in [6.07, 6.45) is 0.850. The molecule has 5 heteroatoms. The maximum atomic E-state index is 12.2. The highest BCUT2D eigenvalue weighted by Gasteiger charge is 2.67. The largest absolute Gasteiger partial charge is 0.468 e. The van der Waals surface area contributed by atoms with Gasteiger partial charge in [-0.15, -0.1) is 0 Å². The fourth-order valence-corrected chi connectivity index (χ4v) is 3.95. The summed E-state index contributed by atoms with van der Waals surface area (Å²) in [4.78, 5) is 24.3. The normalized spacial score (nSPS) is 34.7. The number of methoxy groups -OCH3 is 2. The molecular weight excluding hydrogens is 248 g/mol. The van der Waals surface area contributed by atoms with Gasteiger partial charge in [-0.05, 0) is 38.0 Å². The Kier molecular flexibility index (Phi) is 3.16. The molecule has 0 bridgehead atoms. The zero-order chi connectivity index (χ0) is 14.5. The number of carbonyl (C=O) groups excluding carboxylic acids is 2. The Morgan fingerprint density at radius 2 is 1.63 bits per heavy atom. The van der Waals surface area contributed by atoms with Crippen LogP contribution >= 0.6 is 0 Å². The molecular formula is C14H22O5. The zero-order valence-electron chi connectivity index (χ0n) is 12.2. The standard InChI is InChI=1S/C14H22O5/c1-12(2)9-6-14(10(15)17-4,11(16)18-5)7-13(9,3)8-19-12/h9H,6-8H2,1-5H3. The quantitative estimate of drug-likeness (QED) is 0.562. The van der Waals surface area contributed by atoms with Crippen molar-refractivity contribution in [3.8, 4) is 0 Å². The predicted octanol–water partition coefficient (Wildman–Crippen LogP) is 1.54. The first-order valence-electron chi connectivity index (χ1n) is 6.53. The van der Waals surface area contributed by atoms with Crippen molar-refractivity contribution in [3.63, 3.8) is 0 Å². The molecule has 2 aliphatic rings. The minimum Gasteiger partial charge on any atom is -0.468 e. The average molecular weight is 270 g/mol. The van der Waals surface area contributed by atoms with Crippen LogP contribution in [0.4, 0.5) is 0 Å². The van der Waals surface area contributed by atoms with Gasteiger partial charge >= 0.3 is 11.9 Å². The second-order valence-electron chi connectivity index (χ2n) is 6.54. The maximum absolute atomic E-state index is 12.2. The summed E-state index contributed by atoms with van der Waals surface area (Å²) in [5.74, 6) is -0.852. The van der Waals surface area contributed by atoms with Crippen LogP contribution in [0.1, 0.15) is 33.6 Å². The highest BCUT2D eigenvalue weighted by atomic mass is 16.5. The molecule has 0 spiro atoms. The van der Waals surface area contributed by atoms with E-state index >= 15 is 0 Å². The van der Waals surface area contributed by atoms with Gasteiger partial charge in [0.1, 0.15) is 0 Å². The molecule has 2 fully saturated rings. The van der Waals surface area contributed by atoms with Crippen molar-refractivity contribution in [2.45, 2.75) is 39.2 Å². The molecule has 0 radical (unpaired) electrons. The summed E-state index contributed by atoms with van der Waals surface area (Å²) in [7, 11) is 2.62. The minimum absolute atomic E-state index is 0.137. The van der Waals surface area contributed by atoms with E-state index in [0.29, 0.717) is 19.4 Å². The SMILES string of the molecule is COC(=O)C1(C(=O)OC)CC2C(C)(COC2(C)C)C1. The van der Waals surface area contributed by atoms with Crippen LogP contribution in [0.15, 0.2) is 0 Å². The smallest absolute Gasteiger partial charge is 0.323 e. The van der Waals surface area contributed by atoms with Gasteiger partial charge in [0.25, 0.3) is 0 Å². The molecule has 1 aliphatic heterocycles. The molecule has 0 aromatic heterocycles. The van der Waals surface area contributed by atoms with Crippen molar-refractivity contribution in [3.05, 3.63) is 0 Å². The van der Waals surface area contributed by atoms with Crippen LogP contribution < -0.4 is 0 Å². The summed E-state index contributed by atoms with van der Waals surface area (Å²) >= 11 is 0. The molecule has 2 rings (SSSR count). The number of fused-ring (bicyclic) bond motifs is 1. The van der Waals surface area contributed by atoms with E-state index in [1.807, 2.05) is 13.8 Å². The highest BCUT2D eigenvalue weighted by Crippen LogP contribution is 2.61. The average Bonchev–Trinajstić information content (AvgIpc) is 2.81. The van der Waals surface area contributed by atoms with Crippen molar-refractivity contribution in [1.82, 2.24) is 0 Å². The molecule has 108 valence electrons. The Hall–Kier alpha value is -1.10. The fourth-order valence-electron chi connectivity index (χ4n) is 3.95. The second kappa shape index (κ2) is 4.20. The van der Waals surface area contributed by atoms with Gasteiger partial charge in [0, 0.05) is 0 Å². The van der Waals surface area contributed by atoms with Crippen LogP contribution in [0.2, 0.25) is 0 Å². The Labute approximate surface area is 113 Å². The van der Waals surface area contributed by atoms with E-state index in [1.165, 1.54) is 14.2 Å². The fraction of sp³-hybridized carbons (Fsp3) is 0.857. The van der Waals surface area contributed by atoms with Crippen LogP contribution in [0.5, 0.6) is 0 Å². The topological polar surface area (TPSA) is 61.8 Å². The second-order valence-corrected chi connectivity index (χ2v) is 6.54. The Bertz CT molecular complexity index is 398. The molecule has 19 heavy (non-hydrogen) atoms. The summed E-state index contributed by atoms with van der Waals surface area (Å²) in [6, 6.07) is 0. The number of hydrogen-bond acceptors (Lipinski definition) is 5. The Morgan fingerprint density at radius 1 is 1.11 bits per heavy atom. The van der Waals surface area contributed by atoms with Crippen LogP contribution in [0.25, 0.3) is 0 Å². The molecule has 0 aromatic carbocycles.